The molecular weight excluding hydrogens is 1160 g/mol. The lowest BCUT2D eigenvalue weighted by atomic mass is 10.1. The Labute approximate surface area is 493 Å². The molecule has 2 unspecified atom stereocenters. The van der Waals surface area contributed by atoms with Gasteiger partial charge < -0.3 is 49.2 Å². The summed E-state index contributed by atoms with van der Waals surface area (Å²) in [5.41, 5.74) is 5.81. The van der Waals surface area contributed by atoms with Gasteiger partial charge in [-0.3, -0.25) is 14.2 Å². The van der Waals surface area contributed by atoms with Crippen molar-refractivity contribution in [2.45, 2.75) is 151 Å². The van der Waals surface area contributed by atoms with Crippen LogP contribution in [0.2, 0.25) is 0 Å². The van der Waals surface area contributed by atoms with Gasteiger partial charge in [-0.1, -0.05) is 73.6 Å². The van der Waals surface area contributed by atoms with Gasteiger partial charge in [-0.05, 0) is 92.1 Å². The number of benzene rings is 1. The first-order valence-corrected chi connectivity index (χ1v) is 30.5. The van der Waals surface area contributed by atoms with E-state index in [1.807, 2.05) is 66.6 Å². The summed E-state index contributed by atoms with van der Waals surface area (Å²) in [7, 11) is 2.12. The van der Waals surface area contributed by atoms with Crippen molar-refractivity contribution in [2.75, 3.05) is 45.7 Å². The molecule has 6 N–H and O–H groups in total. The SMILES string of the molecule is C.C.CCCC.CCN.CN(C)C=Nc1nc(=S)ss1.O=c1[nH]cnc2c1ncn2[C@@H]1C[C@H](CO)[C@@H](F)[C@H]1O[P+](=O)O.[C-]#[N+]CCOP(O[C@H]1[C@@H](F)[C@H](n2cnc3c(NC(=O)c4ccccc4)ncnc32)O[C@@H]1CC)N(C(C)C)C(C)C. The Bertz CT molecular complexity index is 3010. The van der Waals surface area contributed by atoms with E-state index in [-0.39, 0.29) is 69.4 Å². The van der Waals surface area contributed by atoms with Crippen molar-refractivity contribution in [1.82, 2.24) is 53.6 Å². The Kier molecular flexibility index (Phi) is 33.1. The number of nitrogens with one attached hydrogen (secondary N) is 2. The highest BCUT2D eigenvalue weighted by molar-refractivity contribution is 7.79. The maximum absolute atomic E-state index is 16.2. The van der Waals surface area contributed by atoms with Crippen LogP contribution in [0.25, 0.3) is 27.2 Å². The van der Waals surface area contributed by atoms with Gasteiger partial charge in [0.25, 0.3) is 20.0 Å². The molecule has 454 valence electrons. The van der Waals surface area contributed by atoms with E-state index in [1.165, 1.54) is 68.0 Å². The molecule has 1 aliphatic carbocycles. The molecule has 24 nitrogen and oxygen atoms in total. The van der Waals surface area contributed by atoms with E-state index in [2.05, 4.69) is 68.6 Å². The topological polar surface area (TPSA) is 293 Å². The van der Waals surface area contributed by atoms with Crippen LogP contribution < -0.4 is 16.6 Å². The van der Waals surface area contributed by atoms with E-state index in [1.54, 1.807) is 30.6 Å². The van der Waals surface area contributed by atoms with Crippen LogP contribution in [0.1, 0.15) is 119 Å². The van der Waals surface area contributed by atoms with Gasteiger partial charge in [0.2, 0.25) is 11.7 Å². The molecule has 1 saturated heterocycles. The summed E-state index contributed by atoms with van der Waals surface area (Å²) in [6.45, 7) is 24.1. The number of unbranched alkanes of at least 4 members (excludes halogenated alkanes) is 1. The molecule has 2 fully saturated rings. The van der Waals surface area contributed by atoms with Crippen LogP contribution in [0.15, 0.2) is 65.4 Å². The Hall–Kier alpha value is -5.18. The molecule has 82 heavy (non-hydrogen) atoms. The third-order valence-corrected chi connectivity index (χ3v) is 16.6. The monoisotopic (exact) mass is 1240 g/mol. The molecule has 6 aromatic rings. The predicted molar refractivity (Wildman–Crippen MR) is 324 cm³/mol. The third kappa shape index (κ3) is 20.6. The number of aromatic nitrogens is 9. The zero-order valence-electron chi connectivity index (χ0n) is 46.3. The number of nitrogens with two attached hydrogens (primary N) is 1. The number of hydrogen-bond acceptors (Lipinski definition) is 20. The number of rotatable bonds is 19. The number of ether oxygens (including phenoxy) is 1. The minimum absolute atomic E-state index is 0. The molecule has 8 rings (SSSR count). The summed E-state index contributed by atoms with van der Waals surface area (Å²) in [6, 6.07) is 8.20. The number of amides is 1. The van der Waals surface area contributed by atoms with E-state index < -0.39 is 77.8 Å². The Morgan fingerprint density at radius 2 is 1.66 bits per heavy atom. The summed E-state index contributed by atoms with van der Waals surface area (Å²) < 4.78 is 70.4. The van der Waals surface area contributed by atoms with E-state index in [9.17, 15) is 23.7 Å². The third-order valence-electron chi connectivity index (χ3n) is 11.6. The standard InChI is InChI=1S/C27H35FN7O4P.C11H12FN4O5P.C5H7N3S3.C4H10.C2H7N.2CH4/c1-7-20-23(39-40(37-14-13-29-6)35(17(2)3)18(4)5)21(28)27(38-20)34-16-32-22-24(30-15-31-25(22)34)33-26(36)19-11-9-8-10-12-19;12-7-5(2-17)1-6(9(7)21-22(19)20)16-4-15-8-10(16)13-3-14-11(8)18;1-8(2)3-6-4-7-5(9)11-10-4;1-3-4-2;1-2-3;;/h8-12,15-18,20-21,23,27H,7,13-14H2,1-5H3,(H,30,31,33,36);3-7,9,17H,1-2H2,(H-,13,14,18,19,20);3H,1-2H3;3-4H2,1-2H3;2-3H2,1H3;2*1H4/p+1/t20-,21-,23-,27-,40?;5-,6-,7-,9+;;;;;/m11...../s1. The van der Waals surface area contributed by atoms with Crippen molar-refractivity contribution < 1.29 is 46.4 Å². The highest BCUT2D eigenvalue weighted by Crippen LogP contribution is 2.51. The Morgan fingerprint density at radius 3 is 2.22 bits per heavy atom. The van der Waals surface area contributed by atoms with Gasteiger partial charge in [-0.15, -0.1) is 9.42 Å². The number of aliphatic hydroxyl groups excluding tert-OH is 1. The lowest BCUT2D eigenvalue weighted by Crippen LogP contribution is -2.38. The number of nitrogens with zero attached hydrogens (tertiary/aromatic N) is 12. The van der Waals surface area contributed by atoms with Crippen LogP contribution in [0.3, 0.4) is 0 Å². The Morgan fingerprint density at radius 1 is 1.02 bits per heavy atom. The van der Waals surface area contributed by atoms with Gasteiger partial charge in [-0.25, -0.2) is 49.9 Å². The number of aromatic amines is 1. The van der Waals surface area contributed by atoms with Crippen LogP contribution in [0.4, 0.5) is 19.7 Å². The summed E-state index contributed by atoms with van der Waals surface area (Å²) in [6.07, 6.45) is 3.34. The number of carbonyl (C=O) groups excluding carboxylic acids is 1. The first kappa shape index (κ1) is 72.9. The second-order valence-electron chi connectivity index (χ2n) is 18.4. The fraction of sp³-hybridized carbons (Fsp3) is 0.588. The molecule has 10 atom stereocenters. The highest BCUT2D eigenvalue weighted by Gasteiger charge is 2.51. The quantitative estimate of drug-likeness (QED) is 0.00958. The zero-order chi connectivity index (χ0) is 59.1. The smallest absolute Gasteiger partial charge is 0.396 e. The first-order valence-electron chi connectivity index (χ1n) is 25.7. The fourth-order valence-corrected chi connectivity index (χ4v) is 11.9. The van der Waals surface area contributed by atoms with E-state index in [0.29, 0.717) is 27.1 Å². The number of halogens is 2. The molecule has 1 aromatic carbocycles. The molecule has 1 amide bonds. The van der Waals surface area contributed by atoms with Crippen LogP contribution in [0.5, 0.6) is 0 Å². The molecule has 31 heteroatoms. The predicted octanol–water partition coefficient (Wildman–Crippen LogP) is 10.6. The van der Waals surface area contributed by atoms with E-state index in [0.717, 1.165) is 11.7 Å². The average Bonchev–Trinajstić information content (AvgIpc) is 4.41. The van der Waals surface area contributed by atoms with Crippen molar-refractivity contribution in [3.8, 4) is 0 Å². The second kappa shape index (κ2) is 37.2. The van der Waals surface area contributed by atoms with E-state index in [4.69, 9.17) is 47.7 Å². The van der Waals surface area contributed by atoms with Gasteiger partial charge >= 0.3 is 8.25 Å². The molecule has 0 spiro atoms. The minimum atomic E-state index is -3.01. The van der Waals surface area contributed by atoms with Gasteiger partial charge in [0.1, 0.15) is 25.2 Å². The summed E-state index contributed by atoms with van der Waals surface area (Å²) in [5.74, 6) is -0.863. The number of H-pyrrole nitrogens is 1. The fourth-order valence-electron chi connectivity index (χ4n) is 7.91. The number of alkyl halides is 2. The number of aliphatic hydroxyl groups is 1. The normalized spacial score (nSPS) is 20.5. The average molecular weight is 1240 g/mol. The first-order chi connectivity index (χ1) is 38.3. The maximum atomic E-state index is 16.2. The molecule has 1 saturated carbocycles. The molecule has 2 aliphatic rings. The number of fused-ring (bicyclic) bond motifs is 2. The lowest BCUT2D eigenvalue weighted by molar-refractivity contribution is -0.0230. The number of hydrogen-bond donors (Lipinski definition) is 5. The number of anilines is 1. The zero-order valence-corrected chi connectivity index (χ0v) is 50.5. The van der Waals surface area contributed by atoms with Crippen molar-refractivity contribution in [2.24, 2.45) is 16.6 Å². The van der Waals surface area contributed by atoms with Crippen molar-refractivity contribution in [1.29, 1.82) is 0 Å². The molecule has 1 aliphatic heterocycles. The lowest BCUT2D eigenvalue weighted by Gasteiger charge is -2.37. The summed E-state index contributed by atoms with van der Waals surface area (Å²) >= 11 is 4.84. The maximum Gasteiger partial charge on any atom is 0.695 e. The van der Waals surface area contributed by atoms with Crippen LogP contribution in [-0.4, -0.2) is 159 Å². The largest absolute Gasteiger partial charge is 0.695 e. The van der Waals surface area contributed by atoms with Crippen molar-refractivity contribution >= 4 is 95.2 Å². The number of carbonyl (C=O) groups is 1. The molecule has 5 aromatic heterocycles. The van der Waals surface area contributed by atoms with Crippen molar-refractivity contribution in [3.05, 3.63) is 86.9 Å². The number of aliphatic imine (C=N–C) groups is 1. The minimum Gasteiger partial charge on any atom is -0.396 e. The van der Waals surface area contributed by atoms with Crippen molar-refractivity contribution in [3.63, 3.8) is 0 Å². The van der Waals surface area contributed by atoms with Crippen LogP contribution in [0, 0.1) is 16.4 Å². The van der Waals surface area contributed by atoms with Gasteiger partial charge in [0.15, 0.2) is 50.6 Å². The Balaban J connectivity index is 0.000000454. The van der Waals surface area contributed by atoms with Gasteiger partial charge in [0, 0.05) is 48.8 Å². The molecule has 0 bridgehead atoms. The molecule has 0 radical (unpaired) electrons. The summed E-state index contributed by atoms with van der Waals surface area (Å²) in [4.78, 5) is 69.8. The highest BCUT2D eigenvalue weighted by atomic mass is 32.9. The van der Waals surface area contributed by atoms with E-state index >= 15 is 4.39 Å². The van der Waals surface area contributed by atoms with Gasteiger partial charge in [-0.2, -0.15) is 4.98 Å². The summed E-state index contributed by atoms with van der Waals surface area (Å²) in [5, 5.41) is 12.7. The number of imidazole rings is 2. The molecular formula is C51H80F2N15O9P2S3+. The second-order valence-corrected chi connectivity index (χ2v) is 23.2. The van der Waals surface area contributed by atoms with Crippen LogP contribution in [-0.2, 0) is 22.9 Å². The molecule has 6 heterocycles. The van der Waals surface area contributed by atoms with Crippen LogP contribution >= 0.6 is 49.7 Å². The van der Waals surface area contributed by atoms with Gasteiger partial charge in [0.05, 0.1) is 37.5 Å².